The van der Waals surface area contributed by atoms with Crippen molar-refractivity contribution in [2.75, 3.05) is 25.0 Å². The second kappa shape index (κ2) is 13.6. The Morgan fingerprint density at radius 3 is 2.35 bits per heavy atom. The molecule has 3 heterocycles. The third kappa shape index (κ3) is 7.90. The van der Waals surface area contributed by atoms with Gasteiger partial charge in [-0.15, -0.1) is 0 Å². The van der Waals surface area contributed by atoms with Gasteiger partial charge in [-0.25, -0.2) is 4.98 Å². The number of rotatable bonds is 14. The molecule has 0 radical (unpaired) electrons. The van der Waals surface area contributed by atoms with Gasteiger partial charge >= 0.3 is 0 Å². The van der Waals surface area contributed by atoms with Crippen LogP contribution in [0.15, 0.2) is 35.0 Å². The minimum absolute atomic E-state index is 0.0983. The van der Waals surface area contributed by atoms with Crippen LogP contribution in [-0.2, 0) is 6.54 Å². The lowest BCUT2D eigenvalue weighted by Gasteiger charge is -2.26. The number of hydrogen-bond donors (Lipinski definition) is 1. The highest BCUT2D eigenvalue weighted by atomic mass is 32.1. The molecule has 0 bridgehead atoms. The highest BCUT2D eigenvalue weighted by Crippen LogP contribution is 2.29. The second-order valence-electron chi connectivity index (χ2n) is 11.7. The number of anilines is 2. The molecule has 3 aromatic rings. The zero-order valence-corrected chi connectivity index (χ0v) is 24.2. The Hall–Kier alpha value is -2.18. The summed E-state index contributed by atoms with van der Waals surface area (Å²) >= 11 is 1.68. The number of aromatic nitrogens is 2. The van der Waals surface area contributed by atoms with Gasteiger partial charge in [-0.1, -0.05) is 47.0 Å². The normalized spacial score (nSPS) is 14.9. The number of nitrogens with one attached hydrogen (secondary N) is 1. The van der Waals surface area contributed by atoms with E-state index in [2.05, 4.69) is 65.4 Å². The van der Waals surface area contributed by atoms with Gasteiger partial charge < -0.3 is 14.8 Å². The van der Waals surface area contributed by atoms with E-state index in [4.69, 9.17) is 4.98 Å². The topological polar surface area (TPSA) is 50.2 Å². The van der Waals surface area contributed by atoms with Gasteiger partial charge in [-0.05, 0) is 93.2 Å². The molecule has 202 valence electrons. The van der Waals surface area contributed by atoms with Crippen molar-refractivity contribution in [3.63, 3.8) is 0 Å². The summed E-state index contributed by atoms with van der Waals surface area (Å²) in [5.74, 6) is 2.50. The van der Waals surface area contributed by atoms with Crippen molar-refractivity contribution in [3.8, 4) is 0 Å². The van der Waals surface area contributed by atoms with Crippen LogP contribution < -0.4 is 5.32 Å². The molecule has 1 saturated heterocycles. The minimum atomic E-state index is 0.0983. The Labute approximate surface area is 227 Å². The molecule has 2 aromatic heterocycles. The zero-order chi connectivity index (χ0) is 26.2. The van der Waals surface area contributed by atoms with Gasteiger partial charge in [-0.3, -0.25) is 4.79 Å². The number of benzene rings is 1. The first kappa shape index (κ1) is 27.8. The number of nitrogens with zero attached hydrogens (tertiary/aromatic N) is 3. The number of ketones is 1. The van der Waals surface area contributed by atoms with Crippen LogP contribution in [0.5, 0.6) is 0 Å². The third-order valence-corrected chi connectivity index (χ3v) is 8.35. The fourth-order valence-electron chi connectivity index (χ4n) is 5.41. The fourth-order valence-corrected chi connectivity index (χ4v) is 6.00. The summed E-state index contributed by atoms with van der Waals surface area (Å²) in [5.41, 5.74) is 3.92. The number of hydrogen-bond acceptors (Lipinski definition) is 5. The van der Waals surface area contributed by atoms with Crippen molar-refractivity contribution in [2.24, 2.45) is 17.8 Å². The molecule has 5 nitrogen and oxygen atoms in total. The number of Topliss-reactive ketones (excluding diaryl/α,β-unsaturated/α-hetero) is 1. The first-order chi connectivity index (χ1) is 17.9. The molecule has 1 aromatic carbocycles. The van der Waals surface area contributed by atoms with E-state index in [1.165, 1.54) is 32.4 Å². The summed E-state index contributed by atoms with van der Waals surface area (Å²) in [6.45, 7) is 13.4. The SMILES string of the molecule is CC(C)CCC(CCC(C)C)C(=O)c1ccc2nc(Nc3ccsc3)n(CCCN3CCCCC3)c2c1. The van der Waals surface area contributed by atoms with Crippen LogP contribution in [0.3, 0.4) is 0 Å². The van der Waals surface area contributed by atoms with Crippen LogP contribution in [0.1, 0.15) is 89.4 Å². The van der Waals surface area contributed by atoms with E-state index in [0.717, 1.165) is 73.4 Å². The highest BCUT2D eigenvalue weighted by molar-refractivity contribution is 7.08. The predicted octanol–water partition coefficient (Wildman–Crippen LogP) is 8.39. The van der Waals surface area contributed by atoms with Crippen molar-refractivity contribution in [1.29, 1.82) is 0 Å². The first-order valence-corrected chi connectivity index (χ1v) is 15.4. The second-order valence-corrected chi connectivity index (χ2v) is 12.5. The van der Waals surface area contributed by atoms with Gasteiger partial charge in [0.15, 0.2) is 5.78 Å². The molecule has 0 unspecified atom stereocenters. The van der Waals surface area contributed by atoms with E-state index < -0.39 is 0 Å². The van der Waals surface area contributed by atoms with Gasteiger partial charge in [0.1, 0.15) is 0 Å². The van der Waals surface area contributed by atoms with Gasteiger partial charge in [0.2, 0.25) is 5.95 Å². The van der Waals surface area contributed by atoms with Crippen LogP contribution in [0.2, 0.25) is 0 Å². The Morgan fingerprint density at radius 1 is 0.973 bits per heavy atom. The standard InChI is InChI=1S/C31H46N4OS/c1-23(2)9-11-25(12-10-24(3)4)30(36)26-13-14-28-29(21-26)35(19-8-18-34-16-6-5-7-17-34)31(33-28)32-27-15-20-37-22-27/h13-15,20-25H,5-12,16-19H2,1-4H3,(H,32,33). The molecule has 1 fully saturated rings. The molecule has 0 atom stereocenters. The molecule has 0 aliphatic carbocycles. The van der Waals surface area contributed by atoms with Gasteiger partial charge in [0, 0.05) is 23.4 Å². The predicted molar refractivity (Wildman–Crippen MR) is 158 cm³/mol. The molecule has 1 aliphatic rings. The lowest BCUT2D eigenvalue weighted by molar-refractivity contribution is 0.0897. The Morgan fingerprint density at radius 2 is 1.70 bits per heavy atom. The third-order valence-electron chi connectivity index (χ3n) is 7.67. The van der Waals surface area contributed by atoms with Gasteiger partial charge in [-0.2, -0.15) is 11.3 Å². The van der Waals surface area contributed by atoms with E-state index in [1.807, 2.05) is 12.1 Å². The lowest BCUT2D eigenvalue weighted by atomic mass is 9.85. The summed E-state index contributed by atoms with van der Waals surface area (Å²) in [7, 11) is 0. The minimum Gasteiger partial charge on any atom is -0.325 e. The highest BCUT2D eigenvalue weighted by Gasteiger charge is 2.22. The molecule has 0 saturated carbocycles. The molecular formula is C31H46N4OS. The van der Waals surface area contributed by atoms with E-state index in [-0.39, 0.29) is 5.92 Å². The summed E-state index contributed by atoms with van der Waals surface area (Å²) in [4.78, 5) is 21.3. The summed E-state index contributed by atoms with van der Waals surface area (Å²) < 4.78 is 2.30. The van der Waals surface area contributed by atoms with E-state index in [1.54, 1.807) is 11.3 Å². The van der Waals surface area contributed by atoms with Crippen LogP contribution in [-0.4, -0.2) is 39.9 Å². The summed E-state index contributed by atoms with van der Waals surface area (Å²) in [5, 5.41) is 7.72. The number of imidazole rings is 1. The fraction of sp³-hybridized carbons (Fsp3) is 0.613. The van der Waals surface area contributed by atoms with Crippen molar-refractivity contribution < 1.29 is 4.79 Å². The van der Waals surface area contributed by atoms with Crippen molar-refractivity contribution >= 4 is 39.8 Å². The molecule has 0 amide bonds. The molecule has 37 heavy (non-hydrogen) atoms. The monoisotopic (exact) mass is 522 g/mol. The lowest BCUT2D eigenvalue weighted by Crippen LogP contribution is -2.31. The first-order valence-electron chi connectivity index (χ1n) is 14.5. The van der Waals surface area contributed by atoms with E-state index in [0.29, 0.717) is 17.6 Å². The Balaban J connectivity index is 1.58. The average Bonchev–Trinajstić information content (AvgIpc) is 3.52. The van der Waals surface area contributed by atoms with Crippen LogP contribution in [0, 0.1) is 17.8 Å². The zero-order valence-electron chi connectivity index (χ0n) is 23.3. The van der Waals surface area contributed by atoms with Crippen LogP contribution >= 0.6 is 11.3 Å². The van der Waals surface area contributed by atoms with Gasteiger partial charge in [0.25, 0.3) is 0 Å². The maximum absolute atomic E-state index is 13.8. The molecule has 1 N–H and O–H groups in total. The van der Waals surface area contributed by atoms with Crippen molar-refractivity contribution in [2.45, 2.75) is 85.6 Å². The molecule has 0 spiro atoms. The molecule has 6 heteroatoms. The van der Waals surface area contributed by atoms with E-state index >= 15 is 0 Å². The number of piperidine rings is 1. The maximum Gasteiger partial charge on any atom is 0.208 e. The largest absolute Gasteiger partial charge is 0.325 e. The number of carbonyl (C=O) groups is 1. The van der Waals surface area contributed by atoms with E-state index in [9.17, 15) is 4.79 Å². The average molecular weight is 523 g/mol. The molecular weight excluding hydrogens is 476 g/mol. The number of carbonyl (C=O) groups excluding carboxylic acids is 1. The summed E-state index contributed by atoms with van der Waals surface area (Å²) in [6, 6.07) is 8.25. The number of aryl methyl sites for hydroxylation is 1. The molecule has 4 rings (SSSR count). The maximum atomic E-state index is 13.8. The van der Waals surface area contributed by atoms with Crippen molar-refractivity contribution in [1.82, 2.24) is 14.5 Å². The number of thiophene rings is 1. The number of fused-ring (bicyclic) bond motifs is 1. The van der Waals surface area contributed by atoms with Crippen LogP contribution in [0.4, 0.5) is 11.6 Å². The summed E-state index contributed by atoms with van der Waals surface area (Å²) in [6.07, 6.45) is 9.22. The quantitative estimate of drug-likeness (QED) is 0.216. The Kier molecular flexibility index (Phi) is 10.2. The number of likely N-dealkylation sites (tertiary alicyclic amines) is 1. The van der Waals surface area contributed by atoms with Gasteiger partial charge in [0.05, 0.1) is 16.7 Å². The smallest absolute Gasteiger partial charge is 0.208 e. The van der Waals surface area contributed by atoms with Crippen molar-refractivity contribution in [3.05, 3.63) is 40.6 Å². The Bertz CT molecular complexity index is 1100. The molecule has 1 aliphatic heterocycles. The van der Waals surface area contributed by atoms with Crippen LogP contribution in [0.25, 0.3) is 11.0 Å².